The average molecular weight is 376 g/mol. The molecule has 2 unspecified atom stereocenters. The fourth-order valence-electron chi connectivity index (χ4n) is 3.92. The number of carbonyl (C=O) groups is 2. The van der Waals surface area contributed by atoms with E-state index in [0.29, 0.717) is 13.1 Å². The molecule has 2 aromatic heterocycles. The minimum atomic E-state index is -0.425. The standard InChI is InChI=1S/C18H21N3O2S2/c19-18(23)20-7-1-3-12(11-20)17(22)21-8-5-14-13(6-10-25-14)16(21)15-4-2-9-24-15/h2,4,6,9-10,12,16H,1,3,5,7-8,11H2,(H2,19,23). The zero-order chi connectivity index (χ0) is 17.4. The monoisotopic (exact) mass is 375 g/mol. The average Bonchev–Trinajstić information content (AvgIpc) is 3.31. The molecule has 5 nitrogen and oxygen atoms in total. The van der Waals surface area contributed by atoms with Gasteiger partial charge in [0.05, 0.1) is 12.0 Å². The molecule has 3 amide bonds. The Morgan fingerprint density at radius 3 is 2.80 bits per heavy atom. The number of piperidine rings is 1. The summed E-state index contributed by atoms with van der Waals surface area (Å²) in [7, 11) is 0. The second kappa shape index (κ2) is 6.80. The summed E-state index contributed by atoms with van der Waals surface area (Å²) in [6.45, 7) is 1.84. The van der Waals surface area contributed by atoms with Gasteiger partial charge in [0.25, 0.3) is 0 Å². The molecule has 132 valence electrons. The molecule has 1 saturated heterocycles. The van der Waals surface area contributed by atoms with Gasteiger partial charge >= 0.3 is 6.03 Å². The van der Waals surface area contributed by atoms with Crippen LogP contribution in [0.1, 0.15) is 34.2 Å². The Hall–Kier alpha value is -1.86. The van der Waals surface area contributed by atoms with Gasteiger partial charge in [0.1, 0.15) is 0 Å². The van der Waals surface area contributed by atoms with Crippen LogP contribution in [0.4, 0.5) is 4.79 Å². The van der Waals surface area contributed by atoms with Crippen LogP contribution in [0.3, 0.4) is 0 Å². The summed E-state index contributed by atoms with van der Waals surface area (Å²) in [6.07, 6.45) is 2.57. The Labute approximate surface area is 155 Å². The molecule has 25 heavy (non-hydrogen) atoms. The molecule has 2 atom stereocenters. The second-order valence-electron chi connectivity index (χ2n) is 6.62. The zero-order valence-corrected chi connectivity index (χ0v) is 15.5. The van der Waals surface area contributed by atoms with E-state index >= 15 is 0 Å². The zero-order valence-electron chi connectivity index (χ0n) is 13.9. The van der Waals surface area contributed by atoms with E-state index in [-0.39, 0.29) is 17.9 Å². The van der Waals surface area contributed by atoms with Crippen molar-refractivity contribution in [2.75, 3.05) is 19.6 Å². The summed E-state index contributed by atoms with van der Waals surface area (Å²) in [5.41, 5.74) is 6.69. The molecule has 7 heteroatoms. The van der Waals surface area contributed by atoms with Crippen molar-refractivity contribution in [1.29, 1.82) is 0 Å². The summed E-state index contributed by atoms with van der Waals surface area (Å²) in [4.78, 5) is 31.0. The maximum atomic E-state index is 13.3. The molecular weight excluding hydrogens is 354 g/mol. The number of fused-ring (bicyclic) bond motifs is 1. The highest BCUT2D eigenvalue weighted by atomic mass is 32.1. The molecule has 0 saturated carbocycles. The van der Waals surface area contributed by atoms with E-state index in [0.717, 1.165) is 25.8 Å². The Kier molecular flexibility index (Phi) is 4.52. The molecule has 0 aliphatic carbocycles. The van der Waals surface area contributed by atoms with Gasteiger partial charge in [0.15, 0.2) is 0 Å². The Morgan fingerprint density at radius 1 is 1.16 bits per heavy atom. The highest BCUT2D eigenvalue weighted by molar-refractivity contribution is 7.10. The van der Waals surface area contributed by atoms with Crippen molar-refractivity contribution in [2.24, 2.45) is 11.7 Å². The number of carbonyl (C=O) groups excluding carboxylic acids is 2. The quantitative estimate of drug-likeness (QED) is 0.876. The molecule has 0 radical (unpaired) electrons. The van der Waals surface area contributed by atoms with Crippen LogP contribution in [0.25, 0.3) is 0 Å². The predicted octanol–water partition coefficient (Wildman–Crippen LogP) is 3.07. The van der Waals surface area contributed by atoms with Crippen molar-refractivity contribution in [3.8, 4) is 0 Å². The number of nitrogens with zero attached hydrogens (tertiary/aromatic N) is 2. The lowest BCUT2D eigenvalue weighted by Gasteiger charge is -2.40. The first-order valence-electron chi connectivity index (χ1n) is 8.59. The van der Waals surface area contributed by atoms with Crippen LogP contribution >= 0.6 is 22.7 Å². The van der Waals surface area contributed by atoms with Gasteiger partial charge in [-0.25, -0.2) is 4.79 Å². The summed E-state index contributed by atoms with van der Waals surface area (Å²) in [5, 5.41) is 4.18. The number of amides is 3. The molecule has 0 spiro atoms. The largest absolute Gasteiger partial charge is 0.351 e. The molecule has 4 heterocycles. The van der Waals surface area contributed by atoms with Crippen molar-refractivity contribution in [3.05, 3.63) is 44.3 Å². The van der Waals surface area contributed by atoms with Gasteiger partial charge < -0.3 is 15.5 Å². The minimum Gasteiger partial charge on any atom is -0.351 e. The van der Waals surface area contributed by atoms with Gasteiger partial charge in [0.2, 0.25) is 5.91 Å². The van der Waals surface area contributed by atoms with Crippen LogP contribution < -0.4 is 5.73 Å². The van der Waals surface area contributed by atoms with Gasteiger partial charge in [-0.15, -0.1) is 22.7 Å². The van der Waals surface area contributed by atoms with Crippen LogP contribution in [0.15, 0.2) is 29.0 Å². The molecule has 4 rings (SSSR count). The fraction of sp³-hybridized carbons (Fsp3) is 0.444. The third kappa shape index (κ3) is 3.06. The normalized spacial score (nSPS) is 23.4. The first-order chi connectivity index (χ1) is 12.1. The predicted molar refractivity (Wildman–Crippen MR) is 99.8 cm³/mol. The number of rotatable bonds is 2. The lowest BCUT2D eigenvalue weighted by Crippen LogP contribution is -2.50. The Balaban J connectivity index is 1.62. The van der Waals surface area contributed by atoms with E-state index in [1.54, 1.807) is 27.6 Å². The molecule has 2 aliphatic heterocycles. The Bertz CT molecular complexity index is 771. The summed E-state index contributed by atoms with van der Waals surface area (Å²) < 4.78 is 0. The van der Waals surface area contributed by atoms with Gasteiger partial charge in [-0.3, -0.25) is 4.79 Å². The second-order valence-corrected chi connectivity index (χ2v) is 8.60. The van der Waals surface area contributed by atoms with Crippen molar-refractivity contribution in [3.63, 3.8) is 0 Å². The third-order valence-electron chi connectivity index (χ3n) is 5.14. The van der Waals surface area contributed by atoms with E-state index in [1.165, 1.54) is 15.3 Å². The van der Waals surface area contributed by atoms with E-state index in [4.69, 9.17) is 5.73 Å². The van der Waals surface area contributed by atoms with Crippen molar-refractivity contribution < 1.29 is 9.59 Å². The SMILES string of the molecule is NC(=O)N1CCCC(C(=O)N2CCc3sccc3C2c2cccs2)C1. The minimum absolute atomic E-state index is 0.00598. The number of thiophene rings is 2. The van der Waals surface area contributed by atoms with Gasteiger partial charge in [-0.05, 0) is 47.7 Å². The van der Waals surface area contributed by atoms with Crippen molar-refractivity contribution in [2.45, 2.75) is 25.3 Å². The maximum absolute atomic E-state index is 13.3. The van der Waals surface area contributed by atoms with Crippen LogP contribution in [-0.2, 0) is 11.2 Å². The summed E-state index contributed by atoms with van der Waals surface area (Å²) in [6, 6.07) is 5.88. The maximum Gasteiger partial charge on any atom is 0.314 e. The summed E-state index contributed by atoms with van der Waals surface area (Å²) >= 11 is 3.47. The van der Waals surface area contributed by atoms with Crippen LogP contribution in [0, 0.1) is 5.92 Å². The number of nitrogens with two attached hydrogens (primary N) is 1. The lowest BCUT2D eigenvalue weighted by molar-refractivity contribution is -0.139. The van der Waals surface area contributed by atoms with Gasteiger partial charge in [0, 0.05) is 29.4 Å². The molecular formula is C18H21N3O2S2. The highest BCUT2D eigenvalue weighted by Gasteiger charge is 2.38. The van der Waals surface area contributed by atoms with E-state index in [2.05, 4.69) is 22.9 Å². The molecule has 2 aromatic rings. The Morgan fingerprint density at radius 2 is 2.04 bits per heavy atom. The van der Waals surface area contributed by atoms with Crippen molar-refractivity contribution in [1.82, 2.24) is 9.80 Å². The number of primary amides is 1. The van der Waals surface area contributed by atoms with E-state index < -0.39 is 6.03 Å². The molecule has 0 bridgehead atoms. The molecule has 0 aromatic carbocycles. The molecule has 1 fully saturated rings. The smallest absolute Gasteiger partial charge is 0.314 e. The molecule has 2 aliphatic rings. The molecule has 2 N–H and O–H groups in total. The lowest BCUT2D eigenvalue weighted by atomic mass is 9.92. The summed E-state index contributed by atoms with van der Waals surface area (Å²) in [5.74, 6) is 0.00472. The number of hydrogen-bond donors (Lipinski definition) is 1. The van der Waals surface area contributed by atoms with E-state index in [1.807, 2.05) is 11.0 Å². The van der Waals surface area contributed by atoms with Crippen molar-refractivity contribution >= 4 is 34.6 Å². The van der Waals surface area contributed by atoms with Gasteiger partial charge in [-0.1, -0.05) is 6.07 Å². The van der Waals surface area contributed by atoms with Crippen LogP contribution in [0.2, 0.25) is 0 Å². The number of hydrogen-bond acceptors (Lipinski definition) is 4. The fourth-order valence-corrected chi connectivity index (χ4v) is 5.68. The highest BCUT2D eigenvalue weighted by Crippen LogP contribution is 2.40. The first kappa shape index (κ1) is 16.6. The van der Waals surface area contributed by atoms with Gasteiger partial charge in [-0.2, -0.15) is 0 Å². The van der Waals surface area contributed by atoms with Crippen LogP contribution in [-0.4, -0.2) is 41.4 Å². The van der Waals surface area contributed by atoms with E-state index in [9.17, 15) is 9.59 Å². The number of likely N-dealkylation sites (tertiary alicyclic amines) is 1. The van der Waals surface area contributed by atoms with Crippen LogP contribution in [0.5, 0.6) is 0 Å². The third-order valence-corrected chi connectivity index (χ3v) is 7.07. The topological polar surface area (TPSA) is 66.6 Å². The first-order valence-corrected chi connectivity index (χ1v) is 10.4. The number of urea groups is 1.